The zero-order chi connectivity index (χ0) is 14.1. The summed E-state index contributed by atoms with van der Waals surface area (Å²) in [6.07, 6.45) is 3.54. The second kappa shape index (κ2) is 5.17. The number of hydrogen-bond acceptors (Lipinski definition) is 3. The van der Waals surface area contributed by atoms with Crippen molar-refractivity contribution in [2.75, 3.05) is 19.8 Å². The van der Waals surface area contributed by atoms with Gasteiger partial charge < -0.3 is 18.6 Å². The Morgan fingerprint density at radius 3 is 2.90 bits per heavy atom. The number of morpholine rings is 1. The summed E-state index contributed by atoms with van der Waals surface area (Å²) in [5, 5.41) is 0. The SMILES string of the molecule is Cc1occc1C(=O)N1CCOC[C@@H]1c1cccn1C. The van der Waals surface area contributed by atoms with Gasteiger partial charge in [0.05, 0.1) is 31.1 Å². The second-order valence-electron chi connectivity index (χ2n) is 5.02. The first-order chi connectivity index (χ1) is 9.68. The molecule has 0 aliphatic carbocycles. The van der Waals surface area contributed by atoms with E-state index in [1.165, 1.54) is 0 Å². The van der Waals surface area contributed by atoms with Crippen LogP contribution in [0.15, 0.2) is 35.1 Å². The maximum absolute atomic E-state index is 12.7. The smallest absolute Gasteiger partial charge is 0.258 e. The first kappa shape index (κ1) is 13.0. The highest BCUT2D eigenvalue weighted by Gasteiger charge is 2.31. The fourth-order valence-corrected chi connectivity index (χ4v) is 2.67. The minimum atomic E-state index is -0.0504. The van der Waals surface area contributed by atoms with Crippen LogP contribution < -0.4 is 0 Å². The molecule has 2 aromatic heterocycles. The number of furan rings is 1. The van der Waals surface area contributed by atoms with Gasteiger partial charge in [0.2, 0.25) is 0 Å². The van der Waals surface area contributed by atoms with E-state index in [2.05, 4.69) is 0 Å². The molecule has 0 spiro atoms. The van der Waals surface area contributed by atoms with Gasteiger partial charge in [0, 0.05) is 25.5 Å². The lowest BCUT2D eigenvalue weighted by Gasteiger charge is -2.35. The van der Waals surface area contributed by atoms with Crippen molar-refractivity contribution in [3.63, 3.8) is 0 Å². The zero-order valence-corrected chi connectivity index (χ0v) is 11.7. The monoisotopic (exact) mass is 274 g/mol. The van der Waals surface area contributed by atoms with Crippen LogP contribution in [0.1, 0.15) is 27.9 Å². The normalized spacial score (nSPS) is 19.3. The minimum absolute atomic E-state index is 0.00532. The lowest BCUT2D eigenvalue weighted by atomic mass is 10.1. The van der Waals surface area contributed by atoms with E-state index in [1.807, 2.05) is 41.8 Å². The van der Waals surface area contributed by atoms with Gasteiger partial charge in [0.25, 0.3) is 5.91 Å². The number of nitrogens with zero attached hydrogens (tertiary/aromatic N) is 2. The quantitative estimate of drug-likeness (QED) is 0.843. The van der Waals surface area contributed by atoms with Crippen LogP contribution in [0.4, 0.5) is 0 Å². The van der Waals surface area contributed by atoms with Gasteiger partial charge in [-0.1, -0.05) is 0 Å². The van der Waals surface area contributed by atoms with Gasteiger partial charge in [-0.05, 0) is 25.1 Å². The van der Waals surface area contributed by atoms with Gasteiger partial charge in [-0.3, -0.25) is 4.79 Å². The largest absolute Gasteiger partial charge is 0.469 e. The van der Waals surface area contributed by atoms with Crippen molar-refractivity contribution < 1.29 is 13.9 Å². The van der Waals surface area contributed by atoms with Gasteiger partial charge in [0.15, 0.2) is 0 Å². The van der Waals surface area contributed by atoms with Crippen molar-refractivity contribution in [2.24, 2.45) is 7.05 Å². The third-order valence-electron chi connectivity index (χ3n) is 3.80. The lowest BCUT2D eigenvalue weighted by molar-refractivity contribution is -0.00472. The number of aryl methyl sites for hydroxylation is 2. The molecule has 3 rings (SSSR count). The molecule has 5 nitrogen and oxygen atoms in total. The van der Waals surface area contributed by atoms with Crippen molar-refractivity contribution >= 4 is 5.91 Å². The van der Waals surface area contributed by atoms with Crippen LogP contribution in [0, 0.1) is 6.92 Å². The average molecular weight is 274 g/mol. The third kappa shape index (κ3) is 2.14. The molecule has 1 saturated heterocycles. The Labute approximate surface area is 117 Å². The minimum Gasteiger partial charge on any atom is -0.469 e. The zero-order valence-electron chi connectivity index (χ0n) is 11.7. The molecule has 1 amide bonds. The summed E-state index contributed by atoms with van der Waals surface area (Å²) in [7, 11) is 1.98. The van der Waals surface area contributed by atoms with Gasteiger partial charge in [0.1, 0.15) is 5.76 Å². The van der Waals surface area contributed by atoms with E-state index < -0.39 is 0 Å². The highest BCUT2D eigenvalue weighted by atomic mass is 16.5. The van der Waals surface area contributed by atoms with E-state index in [0.717, 1.165) is 5.69 Å². The number of carbonyl (C=O) groups excluding carboxylic acids is 1. The van der Waals surface area contributed by atoms with E-state index in [-0.39, 0.29) is 11.9 Å². The average Bonchev–Trinajstić information content (AvgIpc) is 3.06. The summed E-state index contributed by atoms with van der Waals surface area (Å²) in [6.45, 7) is 3.51. The first-order valence-corrected chi connectivity index (χ1v) is 6.72. The molecule has 0 saturated carbocycles. The number of hydrogen-bond donors (Lipinski definition) is 0. The highest BCUT2D eigenvalue weighted by molar-refractivity contribution is 5.95. The molecule has 20 heavy (non-hydrogen) atoms. The Morgan fingerprint density at radius 1 is 1.40 bits per heavy atom. The number of ether oxygens (including phenoxy) is 1. The fraction of sp³-hybridized carbons (Fsp3) is 0.400. The van der Waals surface area contributed by atoms with Crippen LogP contribution >= 0.6 is 0 Å². The molecule has 0 aromatic carbocycles. The molecule has 1 aliphatic rings. The summed E-state index contributed by atoms with van der Waals surface area (Å²) < 4.78 is 12.8. The summed E-state index contributed by atoms with van der Waals surface area (Å²) in [5.74, 6) is 0.665. The van der Waals surface area contributed by atoms with E-state index in [9.17, 15) is 4.79 Å². The predicted molar refractivity (Wildman–Crippen MR) is 73.5 cm³/mol. The van der Waals surface area contributed by atoms with E-state index in [1.54, 1.807) is 12.3 Å². The number of amides is 1. The van der Waals surface area contributed by atoms with Gasteiger partial charge in [-0.25, -0.2) is 0 Å². The maximum atomic E-state index is 12.7. The Bertz CT molecular complexity index is 614. The summed E-state index contributed by atoms with van der Waals surface area (Å²) >= 11 is 0. The highest BCUT2D eigenvalue weighted by Crippen LogP contribution is 2.27. The molecule has 0 N–H and O–H groups in total. The van der Waals surface area contributed by atoms with Gasteiger partial charge >= 0.3 is 0 Å². The number of carbonyl (C=O) groups is 1. The Kier molecular flexibility index (Phi) is 3.36. The maximum Gasteiger partial charge on any atom is 0.258 e. The Morgan fingerprint density at radius 2 is 2.25 bits per heavy atom. The molecule has 0 bridgehead atoms. The van der Waals surface area contributed by atoms with Gasteiger partial charge in [-0.15, -0.1) is 0 Å². The first-order valence-electron chi connectivity index (χ1n) is 6.72. The molecule has 2 aromatic rings. The predicted octanol–water partition coefficient (Wildman–Crippen LogP) is 2.14. The molecular formula is C15H18N2O3. The Hall–Kier alpha value is -2.01. The van der Waals surface area contributed by atoms with Crippen LogP contribution in [0.2, 0.25) is 0 Å². The van der Waals surface area contributed by atoms with Crippen LogP contribution in [0.25, 0.3) is 0 Å². The van der Waals surface area contributed by atoms with Crippen LogP contribution in [0.5, 0.6) is 0 Å². The number of aromatic nitrogens is 1. The van der Waals surface area contributed by atoms with Crippen molar-refractivity contribution in [3.8, 4) is 0 Å². The molecular weight excluding hydrogens is 256 g/mol. The van der Waals surface area contributed by atoms with Crippen molar-refractivity contribution in [3.05, 3.63) is 47.7 Å². The molecule has 0 radical (unpaired) electrons. The molecule has 1 fully saturated rings. The third-order valence-corrected chi connectivity index (χ3v) is 3.80. The van der Waals surface area contributed by atoms with E-state index >= 15 is 0 Å². The molecule has 0 unspecified atom stereocenters. The van der Waals surface area contributed by atoms with Crippen molar-refractivity contribution in [1.29, 1.82) is 0 Å². The van der Waals surface area contributed by atoms with Gasteiger partial charge in [-0.2, -0.15) is 0 Å². The van der Waals surface area contributed by atoms with Crippen LogP contribution in [-0.4, -0.2) is 35.1 Å². The summed E-state index contributed by atoms with van der Waals surface area (Å²) in [5.41, 5.74) is 1.71. The van der Waals surface area contributed by atoms with Crippen molar-refractivity contribution in [1.82, 2.24) is 9.47 Å². The molecule has 1 aliphatic heterocycles. The number of rotatable bonds is 2. The second-order valence-corrected chi connectivity index (χ2v) is 5.02. The standard InChI is InChI=1S/C15H18N2O3/c1-11-12(5-8-20-11)15(18)17-7-9-19-10-14(17)13-4-3-6-16(13)2/h3-6,8,14H,7,9-10H2,1-2H3/t14-/m1/s1. The summed E-state index contributed by atoms with van der Waals surface area (Å²) in [6, 6.07) is 5.69. The van der Waals surface area contributed by atoms with E-state index in [0.29, 0.717) is 31.1 Å². The van der Waals surface area contributed by atoms with Crippen LogP contribution in [-0.2, 0) is 11.8 Å². The molecule has 1 atom stereocenters. The molecule has 3 heterocycles. The summed E-state index contributed by atoms with van der Waals surface area (Å²) in [4.78, 5) is 14.6. The fourth-order valence-electron chi connectivity index (χ4n) is 2.67. The van der Waals surface area contributed by atoms with E-state index in [4.69, 9.17) is 9.15 Å². The molecule has 106 valence electrons. The Balaban J connectivity index is 1.92. The topological polar surface area (TPSA) is 47.6 Å². The lowest BCUT2D eigenvalue weighted by Crippen LogP contribution is -2.44. The van der Waals surface area contributed by atoms with Crippen LogP contribution in [0.3, 0.4) is 0 Å². The van der Waals surface area contributed by atoms with Crippen molar-refractivity contribution in [2.45, 2.75) is 13.0 Å². The molecule has 5 heteroatoms.